The number of carboxylic acids is 2. The minimum absolute atomic E-state index is 0.229. The van der Waals surface area contributed by atoms with Crippen LogP contribution in [0.4, 0.5) is 0 Å². The molecule has 7 nitrogen and oxygen atoms in total. The van der Waals surface area contributed by atoms with Gasteiger partial charge in [-0.1, -0.05) is 6.08 Å². The molecule has 0 saturated carbocycles. The van der Waals surface area contributed by atoms with Gasteiger partial charge in [0.25, 0.3) is 0 Å². The first-order valence-electron chi connectivity index (χ1n) is 8.41. The second-order valence-corrected chi connectivity index (χ2v) is 6.98. The zero-order valence-corrected chi connectivity index (χ0v) is 15.7. The van der Waals surface area contributed by atoms with Crippen LogP contribution in [-0.4, -0.2) is 43.9 Å². The van der Waals surface area contributed by atoms with Gasteiger partial charge in [0.1, 0.15) is 11.4 Å². The summed E-state index contributed by atoms with van der Waals surface area (Å²) in [5.74, 6) is -1.90. The molecule has 1 aliphatic heterocycles. The van der Waals surface area contributed by atoms with Crippen LogP contribution in [0.15, 0.2) is 24.3 Å². The average Bonchev–Trinajstić information content (AvgIpc) is 2.53. The zero-order valence-electron chi connectivity index (χ0n) is 15.7. The first-order chi connectivity index (χ1) is 12.5. The number of aliphatic carboxylic acids is 2. The molecule has 0 radical (unpaired) electrons. The number of aliphatic hydroxyl groups is 1. The van der Waals surface area contributed by atoms with Crippen LogP contribution in [0.2, 0.25) is 0 Å². The van der Waals surface area contributed by atoms with Crippen LogP contribution >= 0.6 is 0 Å². The van der Waals surface area contributed by atoms with Gasteiger partial charge in [-0.05, 0) is 57.5 Å². The summed E-state index contributed by atoms with van der Waals surface area (Å²) >= 11 is 0. The third-order valence-corrected chi connectivity index (χ3v) is 3.97. The zero-order chi connectivity index (χ0) is 20.4. The molecule has 1 aromatic heterocycles. The summed E-state index contributed by atoms with van der Waals surface area (Å²) in [6.07, 6.45) is 1.67. The number of fused-ring (bicyclic) bond motifs is 2. The standard InChI is InChI=1S/C16H17NO.C4H6O5/c1-10-7-11(2)17-14-8-12-5-6-16(3,4)18-15(12)9-13(10)14;5-2(4(8)9)1-3(6)7/h5-9H,1-4H3;2,5H,1H2,(H,6,7)(H,8,9). The quantitative estimate of drug-likeness (QED) is 0.757. The highest BCUT2D eigenvalue weighted by molar-refractivity contribution is 5.87. The normalized spacial score (nSPS) is 15.1. The van der Waals surface area contributed by atoms with E-state index in [4.69, 9.17) is 20.1 Å². The van der Waals surface area contributed by atoms with Crippen molar-refractivity contribution in [2.45, 2.75) is 45.8 Å². The number of aromatic nitrogens is 1. The number of aryl methyl sites for hydroxylation is 2. The number of carboxylic acid groups (broad SMARTS) is 2. The lowest BCUT2D eigenvalue weighted by Gasteiger charge is -2.28. The molecule has 3 rings (SSSR count). The second-order valence-electron chi connectivity index (χ2n) is 6.98. The molecule has 0 fully saturated rings. The monoisotopic (exact) mass is 373 g/mol. The third kappa shape index (κ3) is 5.27. The van der Waals surface area contributed by atoms with Crippen molar-refractivity contribution in [1.29, 1.82) is 0 Å². The number of aliphatic hydroxyl groups excluding tert-OH is 1. The van der Waals surface area contributed by atoms with Gasteiger partial charge in [-0.2, -0.15) is 0 Å². The fraction of sp³-hybridized carbons (Fsp3) is 0.350. The van der Waals surface area contributed by atoms with Crippen molar-refractivity contribution in [3.8, 4) is 5.75 Å². The van der Waals surface area contributed by atoms with Crippen LogP contribution in [0, 0.1) is 13.8 Å². The molecule has 27 heavy (non-hydrogen) atoms. The molecule has 7 heteroatoms. The number of rotatable bonds is 3. The Bertz CT molecular complexity index is 916. The van der Waals surface area contributed by atoms with Gasteiger partial charge in [-0.3, -0.25) is 9.78 Å². The molecule has 1 aromatic carbocycles. The Morgan fingerprint density at radius 1 is 1.19 bits per heavy atom. The van der Waals surface area contributed by atoms with E-state index in [0.717, 1.165) is 22.5 Å². The molecule has 1 atom stereocenters. The van der Waals surface area contributed by atoms with Gasteiger partial charge in [-0.15, -0.1) is 0 Å². The molecule has 0 aliphatic carbocycles. The average molecular weight is 373 g/mol. The van der Waals surface area contributed by atoms with Gasteiger partial charge in [0.15, 0.2) is 6.10 Å². The van der Waals surface area contributed by atoms with Gasteiger partial charge in [0.2, 0.25) is 0 Å². The number of ether oxygens (including phenoxy) is 1. The van der Waals surface area contributed by atoms with Crippen molar-refractivity contribution in [3.05, 3.63) is 41.1 Å². The van der Waals surface area contributed by atoms with Crippen LogP contribution in [0.25, 0.3) is 17.0 Å². The Labute approximate surface area is 156 Å². The summed E-state index contributed by atoms with van der Waals surface area (Å²) in [5.41, 5.74) is 4.22. The van der Waals surface area contributed by atoms with E-state index in [0.29, 0.717) is 0 Å². The Morgan fingerprint density at radius 3 is 2.41 bits per heavy atom. The van der Waals surface area contributed by atoms with E-state index < -0.39 is 24.5 Å². The van der Waals surface area contributed by atoms with E-state index in [2.05, 4.69) is 56.1 Å². The van der Waals surface area contributed by atoms with Crippen molar-refractivity contribution in [1.82, 2.24) is 4.98 Å². The van der Waals surface area contributed by atoms with Crippen LogP contribution in [-0.2, 0) is 9.59 Å². The third-order valence-electron chi connectivity index (χ3n) is 3.97. The van der Waals surface area contributed by atoms with Crippen LogP contribution in [0.1, 0.15) is 37.1 Å². The highest BCUT2D eigenvalue weighted by Gasteiger charge is 2.22. The van der Waals surface area contributed by atoms with Crippen LogP contribution in [0.5, 0.6) is 5.75 Å². The van der Waals surface area contributed by atoms with E-state index in [1.807, 2.05) is 6.92 Å². The minimum Gasteiger partial charge on any atom is -0.483 e. The predicted octanol–water partition coefficient (Wildman–Crippen LogP) is 2.94. The molecular formula is C20H23NO6. The maximum atomic E-state index is 9.72. The van der Waals surface area contributed by atoms with Gasteiger partial charge < -0.3 is 20.1 Å². The second kappa shape index (κ2) is 7.75. The molecular weight excluding hydrogens is 350 g/mol. The molecule has 0 saturated heterocycles. The summed E-state index contributed by atoms with van der Waals surface area (Å²) in [6, 6.07) is 6.33. The molecule has 144 valence electrons. The van der Waals surface area contributed by atoms with E-state index in [9.17, 15) is 9.59 Å². The Kier molecular flexibility index (Phi) is 5.85. The van der Waals surface area contributed by atoms with Gasteiger partial charge >= 0.3 is 11.9 Å². The van der Waals surface area contributed by atoms with Crippen molar-refractivity contribution in [2.24, 2.45) is 0 Å². The summed E-state index contributed by atoms with van der Waals surface area (Å²) in [5, 5.41) is 25.3. The van der Waals surface area contributed by atoms with Crippen LogP contribution in [0.3, 0.4) is 0 Å². The Morgan fingerprint density at radius 2 is 1.85 bits per heavy atom. The largest absolute Gasteiger partial charge is 0.483 e. The highest BCUT2D eigenvalue weighted by atomic mass is 16.5. The Balaban J connectivity index is 0.000000249. The van der Waals surface area contributed by atoms with E-state index in [1.165, 1.54) is 10.9 Å². The smallest absolute Gasteiger partial charge is 0.333 e. The lowest BCUT2D eigenvalue weighted by Crippen LogP contribution is -2.27. The summed E-state index contributed by atoms with van der Waals surface area (Å²) < 4.78 is 6.00. The molecule has 2 aromatic rings. The molecule has 3 N–H and O–H groups in total. The van der Waals surface area contributed by atoms with E-state index in [1.54, 1.807) is 0 Å². The number of pyridine rings is 1. The minimum atomic E-state index is -1.79. The molecule has 0 bridgehead atoms. The van der Waals surface area contributed by atoms with Crippen molar-refractivity contribution < 1.29 is 29.6 Å². The van der Waals surface area contributed by atoms with E-state index >= 15 is 0 Å². The number of hydrogen-bond donors (Lipinski definition) is 3. The molecule has 2 heterocycles. The fourth-order valence-electron chi connectivity index (χ4n) is 2.69. The topological polar surface area (TPSA) is 117 Å². The SMILES string of the molecule is Cc1cc(C)c2cc3c(cc2n1)C=CC(C)(C)O3.O=C(O)CC(O)C(=O)O. The lowest BCUT2D eigenvalue weighted by atomic mass is 9.99. The van der Waals surface area contributed by atoms with Crippen molar-refractivity contribution in [2.75, 3.05) is 0 Å². The van der Waals surface area contributed by atoms with E-state index in [-0.39, 0.29) is 5.60 Å². The maximum absolute atomic E-state index is 9.72. The first kappa shape index (κ1) is 20.4. The van der Waals surface area contributed by atoms with Crippen molar-refractivity contribution >= 4 is 28.9 Å². The number of hydrogen-bond acceptors (Lipinski definition) is 5. The maximum Gasteiger partial charge on any atom is 0.333 e. The Hall–Kier alpha value is -2.93. The molecule has 0 amide bonds. The summed E-state index contributed by atoms with van der Waals surface area (Å²) in [6.45, 7) is 8.28. The number of benzene rings is 1. The van der Waals surface area contributed by atoms with Gasteiger partial charge in [-0.25, -0.2) is 4.79 Å². The van der Waals surface area contributed by atoms with Gasteiger partial charge in [0, 0.05) is 16.6 Å². The predicted molar refractivity (Wildman–Crippen MR) is 101 cm³/mol. The van der Waals surface area contributed by atoms with Gasteiger partial charge in [0.05, 0.1) is 11.9 Å². The lowest BCUT2D eigenvalue weighted by molar-refractivity contribution is -0.152. The first-order valence-corrected chi connectivity index (χ1v) is 8.41. The summed E-state index contributed by atoms with van der Waals surface area (Å²) in [7, 11) is 0. The number of carbonyl (C=O) groups is 2. The number of nitrogens with zero attached hydrogens (tertiary/aromatic N) is 1. The molecule has 1 unspecified atom stereocenters. The molecule has 1 aliphatic rings. The van der Waals surface area contributed by atoms with Crippen molar-refractivity contribution in [3.63, 3.8) is 0 Å². The van der Waals surface area contributed by atoms with Crippen LogP contribution < -0.4 is 4.74 Å². The molecule has 0 spiro atoms. The highest BCUT2D eigenvalue weighted by Crippen LogP contribution is 2.34. The fourth-order valence-corrected chi connectivity index (χ4v) is 2.69. The summed E-state index contributed by atoms with van der Waals surface area (Å²) in [4.78, 5) is 24.0.